The number of amides is 2. The van der Waals surface area contributed by atoms with Crippen LogP contribution < -0.4 is 10.6 Å². The molecular weight excluding hydrogens is 390 g/mol. The van der Waals surface area contributed by atoms with E-state index in [-0.39, 0.29) is 11.8 Å². The Labute approximate surface area is 190 Å². The summed E-state index contributed by atoms with van der Waals surface area (Å²) >= 11 is 0. The van der Waals surface area contributed by atoms with Gasteiger partial charge in [0.15, 0.2) is 5.96 Å². The molecule has 1 unspecified atom stereocenters. The summed E-state index contributed by atoms with van der Waals surface area (Å²) in [5.41, 5.74) is 0. The molecule has 2 amide bonds. The number of carbonyl (C=O) groups excluding carboxylic acids is 2. The Balaban J connectivity index is 2.12. The maximum atomic E-state index is 12.4. The molecule has 1 rings (SSSR count). The maximum Gasteiger partial charge on any atom is 0.222 e. The smallest absolute Gasteiger partial charge is 0.222 e. The van der Waals surface area contributed by atoms with Crippen LogP contribution in [-0.4, -0.2) is 73.4 Å². The Morgan fingerprint density at radius 2 is 1.55 bits per heavy atom. The minimum atomic E-state index is 0.217. The fraction of sp³-hybridized carbons (Fsp3) is 0.875. The van der Waals surface area contributed by atoms with Gasteiger partial charge in [0.1, 0.15) is 0 Å². The van der Waals surface area contributed by atoms with Crippen molar-refractivity contribution in [2.24, 2.45) is 10.9 Å². The molecule has 0 aliphatic carbocycles. The number of carbonyl (C=O) groups is 2. The third-order valence-corrected chi connectivity index (χ3v) is 5.78. The molecule has 1 fully saturated rings. The molecule has 7 nitrogen and oxygen atoms in total. The van der Waals surface area contributed by atoms with Gasteiger partial charge in [0.2, 0.25) is 11.8 Å². The average Bonchev–Trinajstić information content (AvgIpc) is 2.74. The van der Waals surface area contributed by atoms with Crippen LogP contribution >= 0.6 is 0 Å². The first-order valence-corrected chi connectivity index (χ1v) is 12.4. The van der Waals surface area contributed by atoms with Gasteiger partial charge in [-0.2, -0.15) is 0 Å². The van der Waals surface area contributed by atoms with Gasteiger partial charge in [0, 0.05) is 58.7 Å². The largest absolute Gasteiger partial charge is 0.356 e. The van der Waals surface area contributed by atoms with E-state index >= 15 is 0 Å². The Morgan fingerprint density at radius 1 is 0.903 bits per heavy atom. The van der Waals surface area contributed by atoms with Crippen LogP contribution in [0.4, 0.5) is 0 Å². The summed E-state index contributed by atoms with van der Waals surface area (Å²) in [4.78, 5) is 32.7. The minimum Gasteiger partial charge on any atom is -0.356 e. The van der Waals surface area contributed by atoms with E-state index in [0.717, 1.165) is 38.2 Å². The molecule has 0 spiro atoms. The molecule has 1 aliphatic rings. The van der Waals surface area contributed by atoms with Gasteiger partial charge in [-0.3, -0.25) is 14.6 Å². The van der Waals surface area contributed by atoms with E-state index in [1.54, 1.807) is 0 Å². The van der Waals surface area contributed by atoms with Crippen LogP contribution in [-0.2, 0) is 9.59 Å². The third kappa shape index (κ3) is 12.0. The van der Waals surface area contributed by atoms with Gasteiger partial charge >= 0.3 is 0 Å². The molecule has 180 valence electrons. The lowest BCUT2D eigenvalue weighted by Crippen LogP contribution is -2.50. The van der Waals surface area contributed by atoms with Crippen molar-refractivity contribution in [1.82, 2.24) is 20.4 Å². The fourth-order valence-corrected chi connectivity index (χ4v) is 3.83. The van der Waals surface area contributed by atoms with Crippen LogP contribution in [0, 0.1) is 5.92 Å². The first-order chi connectivity index (χ1) is 14.9. The van der Waals surface area contributed by atoms with Crippen LogP contribution in [0.25, 0.3) is 0 Å². The van der Waals surface area contributed by atoms with E-state index in [1.165, 1.54) is 19.3 Å². The highest BCUT2D eigenvalue weighted by Crippen LogP contribution is 2.10. The summed E-state index contributed by atoms with van der Waals surface area (Å²) in [6, 6.07) is 0.427. The molecule has 31 heavy (non-hydrogen) atoms. The lowest BCUT2D eigenvalue weighted by Gasteiger charge is -2.35. The Bertz CT molecular complexity index is 542. The highest BCUT2D eigenvalue weighted by atomic mass is 16.2. The van der Waals surface area contributed by atoms with E-state index < -0.39 is 0 Å². The minimum absolute atomic E-state index is 0.217. The summed E-state index contributed by atoms with van der Waals surface area (Å²) in [5, 5.41) is 6.83. The summed E-state index contributed by atoms with van der Waals surface area (Å²) in [5.74, 6) is 1.69. The zero-order valence-corrected chi connectivity index (χ0v) is 20.7. The fourth-order valence-electron chi connectivity index (χ4n) is 3.83. The van der Waals surface area contributed by atoms with Gasteiger partial charge in [-0.05, 0) is 32.1 Å². The number of hydrogen-bond donors (Lipinski definition) is 2. The Kier molecular flexibility index (Phi) is 14.0. The van der Waals surface area contributed by atoms with Crippen molar-refractivity contribution < 1.29 is 9.59 Å². The summed E-state index contributed by atoms with van der Waals surface area (Å²) in [6.45, 7) is 12.1. The summed E-state index contributed by atoms with van der Waals surface area (Å²) in [7, 11) is 1.81. The molecule has 0 aromatic carbocycles. The first-order valence-electron chi connectivity index (χ1n) is 12.4. The number of rotatable bonds is 13. The molecular formula is C24H47N5O2. The number of nitrogens with zero attached hydrogens (tertiary/aromatic N) is 3. The number of unbranched alkanes of at least 4 members (excludes halogenated alkanes) is 4. The topological polar surface area (TPSA) is 77.0 Å². The summed E-state index contributed by atoms with van der Waals surface area (Å²) < 4.78 is 0. The second-order valence-corrected chi connectivity index (χ2v) is 9.21. The van der Waals surface area contributed by atoms with Crippen LogP contribution in [0.3, 0.4) is 0 Å². The normalized spacial score (nSPS) is 15.9. The summed E-state index contributed by atoms with van der Waals surface area (Å²) in [6.07, 6.45) is 9.09. The predicted molar refractivity (Wildman–Crippen MR) is 129 cm³/mol. The van der Waals surface area contributed by atoms with Crippen molar-refractivity contribution in [3.05, 3.63) is 0 Å². The lowest BCUT2D eigenvalue weighted by molar-refractivity contribution is -0.140. The second kappa shape index (κ2) is 15.9. The van der Waals surface area contributed by atoms with E-state index in [9.17, 15) is 9.59 Å². The van der Waals surface area contributed by atoms with Gasteiger partial charge < -0.3 is 20.4 Å². The quantitative estimate of drug-likeness (QED) is 0.263. The zero-order valence-electron chi connectivity index (χ0n) is 20.7. The third-order valence-electron chi connectivity index (χ3n) is 5.78. The van der Waals surface area contributed by atoms with Crippen LogP contribution in [0.15, 0.2) is 4.99 Å². The van der Waals surface area contributed by atoms with Crippen molar-refractivity contribution in [1.29, 1.82) is 0 Å². The van der Waals surface area contributed by atoms with Gasteiger partial charge in [0.05, 0.1) is 0 Å². The molecule has 0 aromatic rings. The van der Waals surface area contributed by atoms with Gasteiger partial charge in [-0.1, -0.05) is 46.5 Å². The molecule has 1 atom stereocenters. The van der Waals surface area contributed by atoms with Crippen molar-refractivity contribution in [3.63, 3.8) is 0 Å². The van der Waals surface area contributed by atoms with E-state index in [2.05, 4.69) is 43.3 Å². The lowest BCUT2D eigenvalue weighted by atomic mass is 10.1. The molecule has 1 aliphatic heterocycles. The molecule has 0 bridgehead atoms. The zero-order chi connectivity index (χ0) is 23.1. The second-order valence-electron chi connectivity index (χ2n) is 9.21. The molecule has 7 heteroatoms. The Morgan fingerprint density at radius 3 is 2.13 bits per heavy atom. The van der Waals surface area contributed by atoms with Crippen LogP contribution in [0.2, 0.25) is 0 Å². The maximum absolute atomic E-state index is 12.4. The highest BCUT2D eigenvalue weighted by molar-refractivity contribution is 5.80. The van der Waals surface area contributed by atoms with Crippen molar-refractivity contribution in [2.45, 2.75) is 91.5 Å². The standard InChI is InChI=1S/C24H47N5O2/c1-6-7-9-12-21(4)27-24(25-5)26-14-11-8-10-13-22(30)28-15-17-29(18-16-28)23(31)19-20(2)3/h20-21H,6-19H2,1-5H3,(H2,25,26,27). The van der Waals surface area contributed by atoms with Crippen LogP contribution in [0.1, 0.15) is 85.5 Å². The number of aliphatic imine (C=N–C) groups is 1. The van der Waals surface area contributed by atoms with Gasteiger partial charge in [-0.25, -0.2) is 0 Å². The molecule has 0 radical (unpaired) electrons. The number of hydrogen-bond acceptors (Lipinski definition) is 3. The number of piperazine rings is 1. The molecule has 1 heterocycles. The van der Waals surface area contributed by atoms with Crippen LogP contribution in [0.5, 0.6) is 0 Å². The number of nitrogens with one attached hydrogen (secondary N) is 2. The number of guanidine groups is 1. The molecule has 1 saturated heterocycles. The SMILES string of the molecule is CCCCCC(C)NC(=NC)NCCCCCC(=O)N1CCN(C(=O)CC(C)C)CC1. The van der Waals surface area contributed by atoms with Crippen molar-refractivity contribution in [2.75, 3.05) is 39.8 Å². The molecule has 2 N–H and O–H groups in total. The average molecular weight is 438 g/mol. The van der Waals surface area contributed by atoms with E-state index in [0.29, 0.717) is 51.0 Å². The Hall–Kier alpha value is -1.79. The molecule has 0 saturated carbocycles. The van der Waals surface area contributed by atoms with Crippen molar-refractivity contribution >= 4 is 17.8 Å². The highest BCUT2D eigenvalue weighted by Gasteiger charge is 2.23. The first kappa shape index (κ1) is 27.2. The van der Waals surface area contributed by atoms with E-state index in [1.807, 2.05) is 16.8 Å². The monoisotopic (exact) mass is 437 g/mol. The van der Waals surface area contributed by atoms with E-state index in [4.69, 9.17) is 0 Å². The predicted octanol–water partition coefficient (Wildman–Crippen LogP) is 3.40. The molecule has 0 aromatic heterocycles. The van der Waals surface area contributed by atoms with Crippen molar-refractivity contribution in [3.8, 4) is 0 Å². The van der Waals surface area contributed by atoms with Gasteiger partial charge in [-0.15, -0.1) is 0 Å². The van der Waals surface area contributed by atoms with Gasteiger partial charge in [0.25, 0.3) is 0 Å².